The summed E-state index contributed by atoms with van der Waals surface area (Å²) >= 11 is 0. The van der Waals surface area contributed by atoms with Gasteiger partial charge in [-0.05, 0) is 46.6 Å². The highest BCUT2D eigenvalue weighted by atomic mass is 16.2. The Morgan fingerprint density at radius 1 is 1.26 bits per heavy atom. The molecule has 1 aliphatic heterocycles. The Bertz CT molecular complexity index is 742. The maximum absolute atomic E-state index is 12.8. The highest BCUT2D eigenvalue weighted by Crippen LogP contribution is 2.35. The molecule has 1 atom stereocenters. The Labute approximate surface area is 137 Å². The van der Waals surface area contributed by atoms with Gasteiger partial charge >= 0.3 is 0 Å². The number of likely N-dealkylation sites (tertiary alicyclic amines) is 1. The van der Waals surface area contributed by atoms with Crippen molar-refractivity contribution < 1.29 is 4.79 Å². The van der Waals surface area contributed by atoms with Gasteiger partial charge in [-0.1, -0.05) is 0 Å². The average molecular weight is 315 g/mol. The van der Waals surface area contributed by atoms with Crippen LogP contribution >= 0.6 is 0 Å². The van der Waals surface area contributed by atoms with Gasteiger partial charge in [-0.25, -0.2) is 0 Å². The van der Waals surface area contributed by atoms with Crippen molar-refractivity contribution in [1.82, 2.24) is 24.5 Å². The van der Waals surface area contributed by atoms with Crippen LogP contribution in [0.25, 0.3) is 0 Å². The number of carbonyl (C=O) groups excluding carboxylic acids is 1. The molecule has 3 rings (SSSR count). The zero-order valence-electron chi connectivity index (χ0n) is 14.6. The number of nitrogens with zero attached hydrogens (tertiary/aromatic N) is 5. The molecule has 0 unspecified atom stereocenters. The first-order valence-electron chi connectivity index (χ1n) is 8.19. The summed E-state index contributed by atoms with van der Waals surface area (Å²) in [4.78, 5) is 14.8. The van der Waals surface area contributed by atoms with Crippen LogP contribution < -0.4 is 0 Å². The number of amides is 1. The van der Waals surface area contributed by atoms with Gasteiger partial charge < -0.3 is 4.90 Å². The number of aromatic nitrogens is 4. The van der Waals surface area contributed by atoms with Crippen molar-refractivity contribution in [2.24, 2.45) is 7.05 Å². The average Bonchev–Trinajstić information content (AvgIpc) is 3.11. The van der Waals surface area contributed by atoms with Gasteiger partial charge in [0, 0.05) is 30.5 Å². The maximum atomic E-state index is 12.8. The monoisotopic (exact) mass is 315 g/mol. The Morgan fingerprint density at radius 3 is 2.57 bits per heavy atom. The number of rotatable bonds is 3. The summed E-state index contributed by atoms with van der Waals surface area (Å²) < 4.78 is 3.71. The van der Waals surface area contributed by atoms with E-state index in [9.17, 15) is 4.79 Å². The molecule has 6 nitrogen and oxygen atoms in total. The second kappa shape index (κ2) is 5.83. The molecule has 2 aromatic rings. The molecule has 1 saturated heterocycles. The lowest BCUT2D eigenvalue weighted by atomic mass is 10.0. The Hall–Kier alpha value is -2.11. The van der Waals surface area contributed by atoms with Crippen molar-refractivity contribution >= 4 is 5.91 Å². The summed E-state index contributed by atoms with van der Waals surface area (Å²) in [7, 11) is 1.96. The van der Waals surface area contributed by atoms with Crippen molar-refractivity contribution in [3.63, 3.8) is 0 Å². The molecule has 0 radical (unpaired) electrons. The minimum absolute atomic E-state index is 0.140. The van der Waals surface area contributed by atoms with E-state index in [-0.39, 0.29) is 11.9 Å². The second-order valence-corrected chi connectivity index (χ2v) is 6.54. The molecule has 1 fully saturated rings. The van der Waals surface area contributed by atoms with Gasteiger partial charge in [-0.3, -0.25) is 14.2 Å². The third kappa shape index (κ3) is 2.78. The quantitative estimate of drug-likeness (QED) is 0.872. The highest BCUT2D eigenvalue weighted by Gasteiger charge is 2.33. The highest BCUT2D eigenvalue weighted by molar-refractivity contribution is 5.77. The summed E-state index contributed by atoms with van der Waals surface area (Å²) in [6.07, 6.45) is 2.05. The van der Waals surface area contributed by atoms with E-state index >= 15 is 0 Å². The minimum Gasteiger partial charge on any atom is -0.334 e. The molecule has 1 aliphatic rings. The van der Waals surface area contributed by atoms with Crippen molar-refractivity contribution in [1.29, 1.82) is 0 Å². The number of hydrogen-bond acceptors (Lipinski definition) is 3. The van der Waals surface area contributed by atoms with Crippen LogP contribution in [0.15, 0.2) is 6.07 Å². The molecule has 124 valence electrons. The van der Waals surface area contributed by atoms with Crippen molar-refractivity contribution in [2.45, 2.75) is 53.1 Å². The van der Waals surface area contributed by atoms with E-state index < -0.39 is 0 Å². The largest absolute Gasteiger partial charge is 0.334 e. The predicted octanol–water partition coefficient (Wildman–Crippen LogP) is 2.21. The topological polar surface area (TPSA) is 56.0 Å². The van der Waals surface area contributed by atoms with Crippen LogP contribution in [-0.4, -0.2) is 36.9 Å². The Kier molecular flexibility index (Phi) is 4.00. The predicted molar refractivity (Wildman–Crippen MR) is 88.1 cm³/mol. The molecular formula is C17H25N5O. The van der Waals surface area contributed by atoms with Gasteiger partial charge in [0.15, 0.2) is 0 Å². The summed E-state index contributed by atoms with van der Waals surface area (Å²) in [5.41, 5.74) is 5.37. The zero-order chi connectivity index (χ0) is 16.7. The number of hydrogen-bond donors (Lipinski definition) is 0. The lowest BCUT2D eigenvalue weighted by Gasteiger charge is -2.25. The van der Waals surface area contributed by atoms with Gasteiger partial charge in [-0.15, -0.1) is 0 Å². The number of carbonyl (C=O) groups is 1. The number of aryl methyl sites for hydroxylation is 4. The summed E-state index contributed by atoms with van der Waals surface area (Å²) in [6.45, 7) is 9.19. The summed E-state index contributed by atoms with van der Waals surface area (Å²) in [5, 5.41) is 8.92. The first kappa shape index (κ1) is 15.8. The second-order valence-electron chi connectivity index (χ2n) is 6.54. The van der Waals surface area contributed by atoms with Crippen LogP contribution in [-0.2, 0) is 18.4 Å². The van der Waals surface area contributed by atoms with Crippen LogP contribution in [0.5, 0.6) is 0 Å². The molecule has 2 aromatic heterocycles. The third-order valence-electron chi connectivity index (χ3n) is 4.86. The molecule has 0 aliphatic carbocycles. The van der Waals surface area contributed by atoms with Crippen molar-refractivity contribution in [2.75, 3.05) is 6.54 Å². The van der Waals surface area contributed by atoms with E-state index in [0.29, 0.717) is 6.54 Å². The molecule has 1 amide bonds. The van der Waals surface area contributed by atoms with Gasteiger partial charge in [0.05, 0.1) is 17.4 Å². The molecule has 0 saturated carbocycles. The van der Waals surface area contributed by atoms with Crippen LogP contribution in [0.1, 0.15) is 47.2 Å². The lowest BCUT2D eigenvalue weighted by Crippen LogP contribution is -2.34. The summed E-state index contributed by atoms with van der Waals surface area (Å²) in [6, 6.07) is 2.15. The summed E-state index contributed by atoms with van der Waals surface area (Å²) in [5.74, 6) is 0.140. The van der Waals surface area contributed by atoms with E-state index in [1.54, 1.807) is 4.68 Å². The van der Waals surface area contributed by atoms with E-state index in [1.807, 2.05) is 43.5 Å². The third-order valence-corrected chi connectivity index (χ3v) is 4.86. The lowest BCUT2D eigenvalue weighted by molar-refractivity contribution is -0.133. The van der Waals surface area contributed by atoms with Crippen LogP contribution in [0, 0.1) is 27.7 Å². The van der Waals surface area contributed by atoms with E-state index in [2.05, 4.69) is 17.1 Å². The molecular weight excluding hydrogens is 290 g/mol. The molecule has 3 heterocycles. The first-order chi connectivity index (χ1) is 10.9. The smallest absolute Gasteiger partial charge is 0.244 e. The van der Waals surface area contributed by atoms with Gasteiger partial charge in [0.25, 0.3) is 0 Å². The van der Waals surface area contributed by atoms with Gasteiger partial charge in [0.1, 0.15) is 6.54 Å². The SMILES string of the molecule is Cc1cc(C)n(CC(=O)N2CCC[C@H]2c2c(C)nn(C)c2C)n1. The molecule has 23 heavy (non-hydrogen) atoms. The molecule has 0 N–H and O–H groups in total. The van der Waals surface area contributed by atoms with E-state index in [4.69, 9.17) is 0 Å². The molecule has 0 aromatic carbocycles. The molecule has 0 spiro atoms. The Balaban J connectivity index is 1.84. The zero-order valence-corrected chi connectivity index (χ0v) is 14.6. The Morgan fingerprint density at radius 2 is 2.00 bits per heavy atom. The van der Waals surface area contributed by atoms with Crippen molar-refractivity contribution in [3.05, 3.63) is 34.4 Å². The first-order valence-corrected chi connectivity index (χ1v) is 8.19. The van der Waals surface area contributed by atoms with Crippen molar-refractivity contribution in [3.8, 4) is 0 Å². The van der Waals surface area contributed by atoms with Crippen LogP contribution in [0.2, 0.25) is 0 Å². The van der Waals surface area contributed by atoms with Crippen LogP contribution in [0.3, 0.4) is 0 Å². The maximum Gasteiger partial charge on any atom is 0.244 e. The standard InChI is InChI=1S/C17H25N5O/c1-11-9-12(2)22(18-11)10-16(23)21-8-6-7-15(21)17-13(3)19-20(5)14(17)4/h9,15H,6-8,10H2,1-5H3/t15-/m0/s1. The fraction of sp³-hybridized carbons (Fsp3) is 0.588. The minimum atomic E-state index is 0.140. The van der Waals surface area contributed by atoms with Crippen LogP contribution in [0.4, 0.5) is 0 Å². The van der Waals surface area contributed by atoms with Gasteiger partial charge in [0.2, 0.25) is 5.91 Å². The molecule has 6 heteroatoms. The fourth-order valence-electron chi connectivity index (χ4n) is 3.69. The van der Waals surface area contributed by atoms with Gasteiger partial charge in [-0.2, -0.15) is 10.2 Å². The van der Waals surface area contributed by atoms with E-state index in [0.717, 1.165) is 42.2 Å². The van der Waals surface area contributed by atoms with E-state index in [1.165, 1.54) is 5.56 Å². The fourth-order valence-corrected chi connectivity index (χ4v) is 3.69. The molecule has 0 bridgehead atoms. The normalized spacial score (nSPS) is 18.0.